The molecule has 2 atom stereocenters. The maximum absolute atomic E-state index is 5.47. The molecule has 2 heteroatoms. The number of aryl methyl sites for hydroxylation is 2. The first-order chi connectivity index (χ1) is 8.69. The van der Waals surface area contributed by atoms with Gasteiger partial charge >= 0.3 is 0 Å². The van der Waals surface area contributed by atoms with E-state index >= 15 is 0 Å². The molecule has 1 aliphatic heterocycles. The van der Waals surface area contributed by atoms with Crippen LogP contribution in [0.4, 0.5) is 0 Å². The number of ether oxygens (including phenoxy) is 1. The third-order valence-electron chi connectivity index (χ3n) is 4.02. The van der Waals surface area contributed by atoms with Crippen LogP contribution in [0.3, 0.4) is 0 Å². The van der Waals surface area contributed by atoms with Crippen LogP contribution in [0.1, 0.15) is 29.5 Å². The molecule has 1 saturated heterocycles. The molecule has 1 N–H and O–H groups in total. The molecule has 2 nitrogen and oxygen atoms in total. The zero-order valence-electron chi connectivity index (χ0n) is 11.8. The van der Waals surface area contributed by atoms with E-state index < -0.39 is 0 Å². The Kier molecular flexibility index (Phi) is 4.79. The highest BCUT2D eigenvalue weighted by Gasteiger charge is 2.20. The Morgan fingerprint density at radius 3 is 2.89 bits per heavy atom. The third-order valence-corrected chi connectivity index (χ3v) is 4.02. The van der Waals surface area contributed by atoms with Crippen molar-refractivity contribution in [1.29, 1.82) is 0 Å². The molecule has 1 aromatic rings. The first kappa shape index (κ1) is 13.6. The van der Waals surface area contributed by atoms with E-state index in [1.165, 1.54) is 29.5 Å². The largest absolute Gasteiger partial charge is 0.381 e. The molecular formula is C16H25NO. The standard InChI is InChI=1S/C16H25NO/c1-12-4-5-13(2)15(8-12)10-16(17-3)9-14-6-7-18-11-14/h4-5,8,14,16-17H,6-7,9-11H2,1-3H3. The number of likely N-dealkylation sites (N-methyl/N-ethyl adjacent to an activating group) is 1. The van der Waals surface area contributed by atoms with Crippen LogP contribution in [-0.2, 0) is 11.2 Å². The minimum absolute atomic E-state index is 0.567. The Hall–Kier alpha value is -0.860. The van der Waals surface area contributed by atoms with Gasteiger partial charge in [0.25, 0.3) is 0 Å². The van der Waals surface area contributed by atoms with Crippen molar-refractivity contribution in [1.82, 2.24) is 5.32 Å². The number of hydrogen-bond donors (Lipinski definition) is 1. The van der Waals surface area contributed by atoms with Crippen molar-refractivity contribution >= 4 is 0 Å². The van der Waals surface area contributed by atoms with E-state index in [2.05, 4.69) is 44.4 Å². The van der Waals surface area contributed by atoms with Crippen LogP contribution in [0.15, 0.2) is 18.2 Å². The van der Waals surface area contributed by atoms with Crippen LogP contribution in [0, 0.1) is 19.8 Å². The lowest BCUT2D eigenvalue weighted by atomic mass is 9.92. The van der Waals surface area contributed by atoms with Gasteiger partial charge in [-0.15, -0.1) is 0 Å². The second-order valence-electron chi connectivity index (χ2n) is 5.58. The minimum atomic E-state index is 0.567. The number of rotatable bonds is 5. The first-order valence-corrected chi connectivity index (χ1v) is 7.00. The van der Waals surface area contributed by atoms with Crippen molar-refractivity contribution in [2.45, 2.75) is 39.2 Å². The molecule has 1 fully saturated rings. The zero-order chi connectivity index (χ0) is 13.0. The maximum atomic E-state index is 5.47. The summed E-state index contributed by atoms with van der Waals surface area (Å²) in [6, 6.07) is 7.32. The normalized spacial score (nSPS) is 21.2. The van der Waals surface area contributed by atoms with Gasteiger partial charge in [-0.05, 0) is 57.2 Å². The summed E-state index contributed by atoms with van der Waals surface area (Å²) in [5.41, 5.74) is 4.24. The minimum Gasteiger partial charge on any atom is -0.381 e. The van der Waals surface area contributed by atoms with Crippen LogP contribution in [-0.4, -0.2) is 26.3 Å². The van der Waals surface area contributed by atoms with Crippen LogP contribution in [0.2, 0.25) is 0 Å². The third kappa shape index (κ3) is 3.56. The molecule has 2 unspecified atom stereocenters. The summed E-state index contributed by atoms with van der Waals surface area (Å²) in [5.74, 6) is 0.743. The van der Waals surface area contributed by atoms with E-state index in [0.717, 1.165) is 25.6 Å². The summed E-state index contributed by atoms with van der Waals surface area (Å²) >= 11 is 0. The summed E-state index contributed by atoms with van der Waals surface area (Å²) in [6.07, 6.45) is 3.58. The molecule has 1 aliphatic rings. The van der Waals surface area contributed by atoms with Gasteiger partial charge in [-0.25, -0.2) is 0 Å². The molecule has 18 heavy (non-hydrogen) atoms. The molecule has 1 heterocycles. The van der Waals surface area contributed by atoms with Gasteiger partial charge in [0.15, 0.2) is 0 Å². The second-order valence-corrected chi connectivity index (χ2v) is 5.58. The molecule has 0 saturated carbocycles. The van der Waals surface area contributed by atoms with Gasteiger partial charge in [0.05, 0.1) is 0 Å². The summed E-state index contributed by atoms with van der Waals surface area (Å²) in [5, 5.41) is 3.47. The summed E-state index contributed by atoms with van der Waals surface area (Å²) < 4.78 is 5.47. The predicted octanol–water partition coefficient (Wildman–Crippen LogP) is 2.86. The molecule has 0 bridgehead atoms. The van der Waals surface area contributed by atoms with E-state index in [4.69, 9.17) is 4.74 Å². The highest BCUT2D eigenvalue weighted by molar-refractivity contribution is 5.31. The van der Waals surface area contributed by atoms with Crippen LogP contribution in [0.5, 0.6) is 0 Å². The Morgan fingerprint density at radius 1 is 1.39 bits per heavy atom. The molecule has 0 aromatic heterocycles. The molecule has 0 spiro atoms. The zero-order valence-corrected chi connectivity index (χ0v) is 11.8. The SMILES string of the molecule is CNC(Cc1cc(C)ccc1C)CC1CCOC1. The van der Waals surface area contributed by atoms with E-state index in [1.807, 2.05) is 0 Å². The Bertz CT molecular complexity index is 383. The Balaban J connectivity index is 1.98. The van der Waals surface area contributed by atoms with Crippen LogP contribution >= 0.6 is 0 Å². The van der Waals surface area contributed by atoms with Crippen molar-refractivity contribution in [3.8, 4) is 0 Å². The predicted molar refractivity (Wildman–Crippen MR) is 76.0 cm³/mol. The maximum Gasteiger partial charge on any atom is 0.0495 e. The monoisotopic (exact) mass is 247 g/mol. The van der Waals surface area contributed by atoms with Gasteiger partial charge in [0.1, 0.15) is 0 Å². The number of benzene rings is 1. The van der Waals surface area contributed by atoms with Gasteiger partial charge in [-0.2, -0.15) is 0 Å². The number of hydrogen-bond acceptors (Lipinski definition) is 2. The molecule has 0 amide bonds. The van der Waals surface area contributed by atoms with Crippen molar-refractivity contribution in [3.05, 3.63) is 34.9 Å². The highest BCUT2D eigenvalue weighted by Crippen LogP contribution is 2.21. The van der Waals surface area contributed by atoms with Gasteiger partial charge in [-0.3, -0.25) is 0 Å². The Labute approximate surface area is 111 Å². The van der Waals surface area contributed by atoms with Gasteiger partial charge < -0.3 is 10.1 Å². The molecular weight excluding hydrogens is 222 g/mol. The van der Waals surface area contributed by atoms with Crippen molar-refractivity contribution < 1.29 is 4.74 Å². The van der Waals surface area contributed by atoms with Crippen LogP contribution < -0.4 is 5.32 Å². The fourth-order valence-electron chi connectivity index (χ4n) is 2.76. The van der Waals surface area contributed by atoms with E-state index in [-0.39, 0.29) is 0 Å². The molecule has 2 rings (SSSR count). The van der Waals surface area contributed by atoms with Crippen molar-refractivity contribution in [2.75, 3.05) is 20.3 Å². The van der Waals surface area contributed by atoms with E-state index in [0.29, 0.717) is 6.04 Å². The lowest BCUT2D eigenvalue weighted by Crippen LogP contribution is -2.30. The van der Waals surface area contributed by atoms with Gasteiger partial charge in [0.2, 0.25) is 0 Å². The van der Waals surface area contributed by atoms with Crippen LogP contribution in [0.25, 0.3) is 0 Å². The lowest BCUT2D eigenvalue weighted by Gasteiger charge is -2.20. The fraction of sp³-hybridized carbons (Fsp3) is 0.625. The second kappa shape index (κ2) is 6.35. The molecule has 100 valence electrons. The fourth-order valence-corrected chi connectivity index (χ4v) is 2.76. The van der Waals surface area contributed by atoms with Gasteiger partial charge in [-0.1, -0.05) is 23.8 Å². The van der Waals surface area contributed by atoms with E-state index in [9.17, 15) is 0 Å². The first-order valence-electron chi connectivity index (χ1n) is 7.00. The summed E-state index contributed by atoms with van der Waals surface area (Å²) in [6.45, 7) is 6.28. The van der Waals surface area contributed by atoms with E-state index in [1.54, 1.807) is 0 Å². The van der Waals surface area contributed by atoms with Crippen molar-refractivity contribution in [3.63, 3.8) is 0 Å². The quantitative estimate of drug-likeness (QED) is 0.864. The van der Waals surface area contributed by atoms with Crippen molar-refractivity contribution in [2.24, 2.45) is 5.92 Å². The molecule has 0 radical (unpaired) electrons. The average molecular weight is 247 g/mol. The molecule has 1 aromatic carbocycles. The molecule has 0 aliphatic carbocycles. The lowest BCUT2D eigenvalue weighted by molar-refractivity contribution is 0.181. The topological polar surface area (TPSA) is 21.3 Å². The average Bonchev–Trinajstić information content (AvgIpc) is 2.85. The summed E-state index contributed by atoms with van der Waals surface area (Å²) in [7, 11) is 2.08. The number of nitrogens with one attached hydrogen (secondary N) is 1. The van der Waals surface area contributed by atoms with Gasteiger partial charge in [0, 0.05) is 19.3 Å². The smallest absolute Gasteiger partial charge is 0.0495 e. The summed E-state index contributed by atoms with van der Waals surface area (Å²) in [4.78, 5) is 0. The Morgan fingerprint density at radius 2 is 2.22 bits per heavy atom. The highest BCUT2D eigenvalue weighted by atomic mass is 16.5.